The highest BCUT2D eigenvalue weighted by molar-refractivity contribution is 7.92. The van der Waals surface area contributed by atoms with Gasteiger partial charge >= 0.3 is 0 Å². The predicted octanol–water partition coefficient (Wildman–Crippen LogP) is 2.24. The van der Waals surface area contributed by atoms with Gasteiger partial charge in [-0.3, -0.25) is 9.10 Å². The highest BCUT2D eigenvalue weighted by atomic mass is 32.2. The normalized spacial score (nSPS) is 11.3. The summed E-state index contributed by atoms with van der Waals surface area (Å²) in [5, 5.41) is 3.90. The molecule has 9 heteroatoms. The molecule has 2 aromatic rings. The second kappa shape index (κ2) is 9.42. The maximum absolute atomic E-state index is 12.3. The lowest BCUT2D eigenvalue weighted by atomic mass is 10.1. The first-order valence-corrected chi connectivity index (χ1v) is 10.6. The Morgan fingerprint density at radius 3 is 2.41 bits per heavy atom. The fourth-order valence-corrected chi connectivity index (χ4v) is 3.39. The van der Waals surface area contributed by atoms with Crippen LogP contribution >= 0.6 is 0 Å². The van der Waals surface area contributed by atoms with Gasteiger partial charge in [0.2, 0.25) is 10.0 Å². The molecule has 0 atom stereocenters. The van der Waals surface area contributed by atoms with E-state index in [9.17, 15) is 13.2 Å². The molecule has 2 aromatic carbocycles. The van der Waals surface area contributed by atoms with Gasteiger partial charge in [-0.25, -0.2) is 13.8 Å². The average Bonchev–Trinajstić information content (AvgIpc) is 2.67. The standard InChI is InChI=1S/C20H25N3O5S/c1-14-6-8-17(10-15(14)2)23(29(5,25)26)13-20(24)22-21-12-16-7-9-18(27-3)11-19(16)28-4/h6-12H,13H2,1-5H3,(H,22,24)/b21-12-. The first-order chi connectivity index (χ1) is 13.7. The maximum atomic E-state index is 12.3. The van der Waals surface area contributed by atoms with E-state index in [4.69, 9.17) is 9.47 Å². The number of rotatable bonds is 8. The zero-order valence-corrected chi connectivity index (χ0v) is 17.9. The molecule has 1 N–H and O–H groups in total. The lowest BCUT2D eigenvalue weighted by molar-refractivity contribution is -0.119. The number of ether oxygens (including phenoxy) is 2. The molecule has 0 heterocycles. The average molecular weight is 420 g/mol. The second-order valence-corrected chi connectivity index (χ2v) is 8.35. The fraction of sp³-hybridized carbons (Fsp3) is 0.300. The van der Waals surface area contributed by atoms with E-state index in [1.165, 1.54) is 13.3 Å². The molecule has 0 radical (unpaired) electrons. The van der Waals surface area contributed by atoms with Crippen LogP contribution in [0, 0.1) is 13.8 Å². The van der Waals surface area contributed by atoms with Crippen molar-refractivity contribution in [1.29, 1.82) is 0 Å². The lowest BCUT2D eigenvalue weighted by Gasteiger charge is -2.22. The van der Waals surface area contributed by atoms with E-state index in [2.05, 4.69) is 10.5 Å². The number of nitrogens with zero attached hydrogens (tertiary/aromatic N) is 2. The van der Waals surface area contributed by atoms with Crippen LogP contribution in [-0.2, 0) is 14.8 Å². The molecule has 29 heavy (non-hydrogen) atoms. The van der Waals surface area contributed by atoms with Crippen LogP contribution in [0.5, 0.6) is 11.5 Å². The van der Waals surface area contributed by atoms with E-state index in [1.807, 2.05) is 19.9 Å². The summed E-state index contributed by atoms with van der Waals surface area (Å²) in [4.78, 5) is 12.3. The zero-order chi connectivity index (χ0) is 21.6. The molecule has 0 unspecified atom stereocenters. The monoisotopic (exact) mass is 419 g/mol. The van der Waals surface area contributed by atoms with Gasteiger partial charge in [-0.05, 0) is 49.2 Å². The summed E-state index contributed by atoms with van der Waals surface area (Å²) >= 11 is 0. The maximum Gasteiger partial charge on any atom is 0.260 e. The lowest BCUT2D eigenvalue weighted by Crippen LogP contribution is -2.39. The van der Waals surface area contributed by atoms with Crippen LogP contribution in [0.25, 0.3) is 0 Å². The van der Waals surface area contributed by atoms with Crippen LogP contribution in [0.15, 0.2) is 41.5 Å². The fourth-order valence-electron chi connectivity index (χ4n) is 2.55. The summed E-state index contributed by atoms with van der Waals surface area (Å²) in [5.74, 6) is 0.577. The predicted molar refractivity (Wildman–Crippen MR) is 113 cm³/mol. The van der Waals surface area contributed by atoms with Gasteiger partial charge in [-0.1, -0.05) is 6.07 Å². The Hall–Kier alpha value is -3.07. The Morgan fingerprint density at radius 1 is 1.10 bits per heavy atom. The number of anilines is 1. The third kappa shape index (κ3) is 5.95. The molecular formula is C20H25N3O5S. The quantitative estimate of drug-likeness (QED) is 0.523. The molecule has 0 aromatic heterocycles. The van der Waals surface area contributed by atoms with Crippen LogP contribution < -0.4 is 19.2 Å². The molecule has 8 nitrogen and oxygen atoms in total. The first-order valence-electron chi connectivity index (χ1n) is 8.74. The molecule has 0 saturated carbocycles. The molecule has 156 valence electrons. The van der Waals surface area contributed by atoms with Gasteiger partial charge < -0.3 is 9.47 Å². The van der Waals surface area contributed by atoms with Crippen LogP contribution in [0.2, 0.25) is 0 Å². The summed E-state index contributed by atoms with van der Waals surface area (Å²) in [5.41, 5.74) is 5.36. The minimum Gasteiger partial charge on any atom is -0.497 e. The largest absolute Gasteiger partial charge is 0.497 e. The van der Waals surface area contributed by atoms with Crippen molar-refractivity contribution < 1.29 is 22.7 Å². The Kier molecular flexibility index (Phi) is 7.22. The van der Waals surface area contributed by atoms with E-state index < -0.39 is 22.5 Å². The number of hydrogen-bond donors (Lipinski definition) is 1. The second-order valence-electron chi connectivity index (χ2n) is 6.44. The summed E-state index contributed by atoms with van der Waals surface area (Å²) in [6, 6.07) is 10.4. The van der Waals surface area contributed by atoms with Crippen LogP contribution in [0.3, 0.4) is 0 Å². The highest BCUT2D eigenvalue weighted by Crippen LogP contribution is 2.23. The molecule has 0 spiro atoms. The van der Waals surface area contributed by atoms with Crippen molar-refractivity contribution in [3.8, 4) is 11.5 Å². The number of amides is 1. The number of methoxy groups -OCH3 is 2. The summed E-state index contributed by atoms with van der Waals surface area (Å²) in [6.45, 7) is 3.42. The van der Waals surface area contributed by atoms with Crippen LogP contribution in [0.1, 0.15) is 16.7 Å². The Labute approximate surface area is 171 Å². The highest BCUT2D eigenvalue weighted by Gasteiger charge is 2.21. The van der Waals surface area contributed by atoms with E-state index >= 15 is 0 Å². The van der Waals surface area contributed by atoms with Crippen molar-refractivity contribution in [2.75, 3.05) is 31.3 Å². The van der Waals surface area contributed by atoms with Gasteiger partial charge in [-0.2, -0.15) is 5.10 Å². The number of carbonyl (C=O) groups is 1. The Balaban J connectivity index is 2.13. The third-order valence-corrected chi connectivity index (χ3v) is 5.44. The Bertz CT molecular complexity index is 1020. The summed E-state index contributed by atoms with van der Waals surface area (Å²) < 4.78 is 35.8. The van der Waals surface area contributed by atoms with Crippen molar-refractivity contribution in [3.05, 3.63) is 53.1 Å². The van der Waals surface area contributed by atoms with Gasteiger partial charge in [0.05, 0.1) is 32.4 Å². The van der Waals surface area contributed by atoms with Gasteiger partial charge in [0, 0.05) is 11.6 Å². The van der Waals surface area contributed by atoms with Crippen molar-refractivity contribution >= 4 is 27.8 Å². The smallest absolute Gasteiger partial charge is 0.260 e. The molecule has 2 rings (SSSR count). The molecule has 0 bridgehead atoms. The van der Waals surface area contributed by atoms with Crippen molar-refractivity contribution in [2.24, 2.45) is 5.10 Å². The van der Waals surface area contributed by atoms with Gasteiger partial charge in [0.25, 0.3) is 5.91 Å². The van der Waals surface area contributed by atoms with Crippen molar-refractivity contribution in [1.82, 2.24) is 5.43 Å². The number of sulfonamides is 1. The van der Waals surface area contributed by atoms with E-state index in [0.29, 0.717) is 22.7 Å². The van der Waals surface area contributed by atoms with E-state index in [0.717, 1.165) is 21.7 Å². The SMILES string of the molecule is COc1ccc(/C=N\NC(=O)CN(c2ccc(C)c(C)c2)S(C)(=O)=O)c(OC)c1. The molecule has 1 amide bonds. The molecule has 0 aliphatic carbocycles. The van der Waals surface area contributed by atoms with Gasteiger partial charge in [-0.15, -0.1) is 0 Å². The van der Waals surface area contributed by atoms with Crippen LogP contribution in [0.4, 0.5) is 5.69 Å². The summed E-state index contributed by atoms with van der Waals surface area (Å²) in [6.07, 6.45) is 2.47. The van der Waals surface area contributed by atoms with Gasteiger partial charge in [0.1, 0.15) is 18.0 Å². The molecule has 0 aliphatic heterocycles. The first kappa shape index (κ1) is 22.2. The number of aryl methyl sites for hydroxylation is 2. The Morgan fingerprint density at radius 2 is 1.83 bits per heavy atom. The van der Waals surface area contributed by atoms with E-state index in [1.54, 1.807) is 37.4 Å². The van der Waals surface area contributed by atoms with Crippen molar-refractivity contribution in [3.63, 3.8) is 0 Å². The molecule has 0 saturated heterocycles. The summed E-state index contributed by atoms with van der Waals surface area (Å²) in [7, 11) is -0.592. The topological polar surface area (TPSA) is 97.3 Å². The molecular weight excluding hydrogens is 394 g/mol. The number of benzene rings is 2. The van der Waals surface area contributed by atoms with Crippen LogP contribution in [-0.4, -0.2) is 47.6 Å². The molecule has 0 fully saturated rings. The molecule has 0 aliphatic rings. The number of nitrogens with one attached hydrogen (secondary N) is 1. The number of hydrazone groups is 1. The minimum absolute atomic E-state index is 0.390. The minimum atomic E-state index is -3.65. The number of hydrogen-bond acceptors (Lipinski definition) is 6. The van der Waals surface area contributed by atoms with Gasteiger partial charge in [0.15, 0.2) is 0 Å². The number of carbonyl (C=O) groups excluding carboxylic acids is 1. The van der Waals surface area contributed by atoms with Crippen molar-refractivity contribution in [2.45, 2.75) is 13.8 Å². The third-order valence-electron chi connectivity index (χ3n) is 4.30. The zero-order valence-electron chi connectivity index (χ0n) is 17.1. The van der Waals surface area contributed by atoms with E-state index in [-0.39, 0.29) is 0 Å².